The van der Waals surface area contributed by atoms with E-state index in [2.05, 4.69) is 20.9 Å². The van der Waals surface area contributed by atoms with E-state index in [1.165, 1.54) is 42.3 Å². The van der Waals surface area contributed by atoms with E-state index in [0.717, 1.165) is 4.90 Å². The van der Waals surface area contributed by atoms with Gasteiger partial charge in [-0.1, -0.05) is 54.6 Å². The van der Waals surface area contributed by atoms with Gasteiger partial charge in [0.05, 0.1) is 23.0 Å². The van der Waals surface area contributed by atoms with E-state index >= 15 is 0 Å². The van der Waals surface area contributed by atoms with Gasteiger partial charge in [0.2, 0.25) is 5.91 Å². The number of carbonyl (C=O) groups excluding carboxylic acids is 3. The molecule has 4 aromatic carbocycles. The van der Waals surface area contributed by atoms with Crippen molar-refractivity contribution >= 4 is 63.4 Å². The maximum Gasteiger partial charge on any atom is 0.272 e. The van der Waals surface area contributed by atoms with Crippen molar-refractivity contribution in [3.8, 4) is 17.0 Å². The van der Waals surface area contributed by atoms with E-state index in [1.54, 1.807) is 103 Å². The third-order valence-electron chi connectivity index (χ3n) is 6.83. The lowest BCUT2D eigenvalue weighted by atomic mass is 10.1. The third kappa shape index (κ3) is 8.72. The number of anilines is 2. The highest BCUT2D eigenvalue weighted by Crippen LogP contribution is 2.30. The third-order valence-corrected chi connectivity index (χ3v) is 8.68. The number of benzene rings is 4. The maximum absolute atomic E-state index is 13.5. The predicted molar refractivity (Wildman–Crippen MR) is 188 cm³/mol. The van der Waals surface area contributed by atoms with Crippen molar-refractivity contribution in [2.45, 2.75) is 17.1 Å². The van der Waals surface area contributed by atoms with Crippen molar-refractivity contribution < 1.29 is 24.0 Å². The van der Waals surface area contributed by atoms with Crippen LogP contribution in [0.5, 0.6) is 5.75 Å². The lowest BCUT2D eigenvalue weighted by Crippen LogP contribution is -2.30. The van der Waals surface area contributed by atoms with E-state index in [1.807, 2.05) is 6.07 Å². The summed E-state index contributed by atoms with van der Waals surface area (Å²) in [5.41, 5.74) is 2.49. The Balaban J connectivity index is 1.26. The fourth-order valence-corrected chi connectivity index (χ4v) is 6.09. The number of amides is 3. The SMILES string of the molecule is COc1ccccc1/C=C(/NC(=O)c1ccccc1)C(=O)Nc1cccc(SC(C)C(=O)Nc2nc(-c3cccc([N+](=O)[O-])c3)cs2)c1. The average Bonchev–Trinajstić information content (AvgIpc) is 3.57. The molecule has 0 aliphatic rings. The highest BCUT2D eigenvalue weighted by Gasteiger charge is 2.19. The van der Waals surface area contributed by atoms with Gasteiger partial charge in [0.1, 0.15) is 11.4 Å². The number of hydrogen-bond donors (Lipinski definition) is 3. The average molecular weight is 680 g/mol. The van der Waals surface area contributed by atoms with Crippen molar-refractivity contribution in [2.24, 2.45) is 0 Å². The molecule has 242 valence electrons. The fraction of sp³-hybridized carbons (Fsp3) is 0.0857. The topological polar surface area (TPSA) is 153 Å². The number of nitro groups is 1. The maximum atomic E-state index is 13.5. The molecule has 0 aliphatic carbocycles. The molecule has 13 heteroatoms. The smallest absolute Gasteiger partial charge is 0.272 e. The van der Waals surface area contributed by atoms with E-state index in [4.69, 9.17) is 4.74 Å². The molecule has 0 saturated carbocycles. The number of nitro benzene ring substituents is 1. The molecule has 1 heterocycles. The molecular weight excluding hydrogens is 651 g/mol. The van der Waals surface area contributed by atoms with Crippen LogP contribution in [0.1, 0.15) is 22.8 Å². The number of rotatable bonds is 12. The Morgan fingerprint density at radius 1 is 0.938 bits per heavy atom. The number of non-ortho nitro benzene ring substituents is 1. The quantitative estimate of drug-likeness (QED) is 0.0539. The van der Waals surface area contributed by atoms with Crippen molar-refractivity contribution in [2.75, 3.05) is 17.7 Å². The van der Waals surface area contributed by atoms with Crippen LogP contribution in [0.25, 0.3) is 17.3 Å². The van der Waals surface area contributed by atoms with Crippen LogP contribution >= 0.6 is 23.1 Å². The Kier molecular flexibility index (Phi) is 11.0. The lowest BCUT2D eigenvalue weighted by molar-refractivity contribution is -0.384. The van der Waals surface area contributed by atoms with E-state index in [9.17, 15) is 24.5 Å². The molecule has 0 saturated heterocycles. The van der Waals surface area contributed by atoms with Gasteiger partial charge in [-0.05, 0) is 49.4 Å². The molecule has 11 nitrogen and oxygen atoms in total. The Morgan fingerprint density at radius 2 is 1.69 bits per heavy atom. The van der Waals surface area contributed by atoms with Gasteiger partial charge in [0.15, 0.2) is 5.13 Å². The van der Waals surface area contributed by atoms with Crippen molar-refractivity contribution in [3.05, 3.63) is 135 Å². The molecule has 0 aliphatic heterocycles. The number of carbonyl (C=O) groups is 3. The number of aromatic nitrogens is 1. The summed E-state index contributed by atoms with van der Waals surface area (Å²) in [5.74, 6) is -0.768. The second-order valence-electron chi connectivity index (χ2n) is 10.2. The first-order valence-corrected chi connectivity index (χ1v) is 16.3. The van der Waals surface area contributed by atoms with Crippen LogP contribution < -0.4 is 20.7 Å². The van der Waals surface area contributed by atoms with Crippen molar-refractivity contribution in [1.82, 2.24) is 10.3 Å². The van der Waals surface area contributed by atoms with Gasteiger partial charge in [-0.15, -0.1) is 23.1 Å². The molecule has 3 N–H and O–H groups in total. The van der Waals surface area contributed by atoms with Gasteiger partial charge in [-0.3, -0.25) is 24.5 Å². The van der Waals surface area contributed by atoms with Crippen LogP contribution in [-0.2, 0) is 9.59 Å². The molecule has 0 bridgehead atoms. The number of hydrogen-bond acceptors (Lipinski definition) is 9. The zero-order chi connectivity index (χ0) is 34.0. The Morgan fingerprint density at radius 3 is 2.46 bits per heavy atom. The minimum Gasteiger partial charge on any atom is -0.496 e. The number of thiazole rings is 1. The Bertz CT molecular complexity index is 2000. The summed E-state index contributed by atoms with van der Waals surface area (Å²) >= 11 is 2.50. The minimum absolute atomic E-state index is 0.00656. The molecule has 1 aromatic heterocycles. The summed E-state index contributed by atoms with van der Waals surface area (Å²) in [5, 5.41) is 21.0. The highest BCUT2D eigenvalue weighted by atomic mass is 32.2. The second-order valence-corrected chi connectivity index (χ2v) is 12.5. The first-order valence-electron chi connectivity index (χ1n) is 14.5. The van der Waals surface area contributed by atoms with Crippen LogP contribution in [-0.4, -0.2) is 40.0 Å². The number of nitrogens with one attached hydrogen (secondary N) is 3. The van der Waals surface area contributed by atoms with Crippen LogP contribution in [0.15, 0.2) is 119 Å². The monoisotopic (exact) mass is 679 g/mol. The number of thioether (sulfide) groups is 1. The highest BCUT2D eigenvalue weighted by molar-refractivity contribution is 8.00. The molecule has 5 aromatic rings. The standard InChI is InChI=1S/C35H29N5O6S2/c1-22(32(41)39-35-38-30(21-47-35)24-13-8-15-27(18-24)40(44)45)48-28-16-9-14-26(20-28)36-34(43)29(19-25-12-6-7-17-31(25)46-2)37-33(42)23-10-4-3-5-11-23/h3-22H,1-2H3,(H,36,43)(H,37,42)(H,38,39,41)/b29-19+. The number of ether oxygens (including phenoxy) is 1. The first-order chi connectivity index (χ1) is 23.2. The van der Waals surface area contributed by atoms with Crippen LogP contribution in [0.2, 0.25) is 0 Å². The summed E-state index contributed by atoms with van der Waals surface area (Å²) in [7, 11) is 1.52. The van der Waals surface area contributed by atoms with E-state index in [0.29, 0.717) is 39.0 Å². The van der Waals surface area contributed by atoms with Gasteiger partial charge in [-0.25, -0.2) is 4.98 Å². The summed E-state index contributed by atoms with van der Waals surface area (Å²) < 4.78 is 5.43. The molecule has 3 amide bonds. The van der Waals surface area contributed by atoms with E-state index < -0.39 is 22.0 Å². The molecule has 0 radical (unpaired) electrons. The zero-order valence-corrected chi connectivity index (χ0v) is 27.3. The van der Waals surface area contributed by atoms with Gasteiger partial charge in [0, 0.05) is 44.8 Å². The van der Waals surface area contributed by atoms with Crippen molar-refractivity contribution in [3.63, 3.8) is 0 Å². The molecule has 1 unspecified atom stereocenters. The van der Waals surface area contributed by atoms with Gasteiger partial charge < -0.3 is 20.7 Å². The molecule has 0 spiro atoms. The van der Waals surface area contributed by atoms with E-state index in [-0.39, 0.29) is 17.3 Å². The van der Waals surface area contributed by atoms with Crippen LogP contribution in [0.3, 0.4) is 0 Å². The summed E-state index contributed by atoms with van der Waals surface area (Å²) in [4.78, 5) is 55.4. The molecule has 5 rings (SSSR count). The van der Waals surface area contributed by atoms with Crippen LogP contribution in [0.4, 0.5) is 16.5 Å². The van der Waals surface area contributed by atoms with Crippen LogP contribution in [0, 0.1) is 10.1 Å². The largest absolute Gasteiger partial charge is 0.496 e. The minimum atomic E-state index is -0.554. The Hall–Kier alpha value is -5.79. The summed E-state index contributed by atoms with van der Waals surface area (Å²) in [6.45, 7) is 1.74. The van der Waals surface area contributed by atoms with Gasteiger partial charge in [-0.2, -0.15) is 0 Å². The van der Waals surface area contributed by atoms with Gasteiger partial charge in [0.25, 0.3) is 17.5 Å². The number of para-hydroxylation sites is 1. The molecular formula is C35H29N5O6S2. The molecule has 0 fully saturated rings. The van der Waals surface area contributed by atoms with Gasteiger partial charge >= 0.3 is 0 Å². The normalized spacial score (nSPS) is 11.7. The van der Waals surface area contributed by atoms with Crippen molar-refractivity contribution in [1.29, 1.82) is 0 Å². The number of nitrogens with zero attached hydrogens (tertiary/aromatic N) is 2. The summed E-state index contributed by atoms with van der Waals surface area (Å²) in [6.07, 6.45) is 1.54. The summed E-state index contributed by atoms with van der Waals surface area (Å²) in [6, 6.07) is 28.8. The fourth-order valence-electron chi connectivity index (χ4n) is 4.44. The molecule has 1 atom stereocenters. The number of methoxy groups -OCH3 is 1. The predicted octanol–water partition coefficient (Wildman–Crippen LogP) is 7.26. The second kappa shape index (κ2) is 15.7. The molecule has 48 heavy (non-hydrogen) atoms. The zero-order valence-electron chi connectivity index (χ0n) is 25.7. The Labute approximate surface area is 284 Å². The first kappa shape index (κ1) is 33.6. The lowest BCUT2D eigenvalue weighted by Gasteiger charge is -2.14.